The van der Waals surface area contributed by atoms with Gasteiger partial charge in [-0.05, 0) is 54.2 Å². The minimum Gasteiger partial charge on any atom is -0.471 e. The Morgan fingerprint density at radius 2 is 1.55 bits per heavy atom. The summed E-state index contributed by atoms with van der Waals surface area (Å²) in [5, 5.41) is 15.1. The normalized spacial score (nSPS) is 10.6. The lowest BCUT2D eigenvalue weighted by Gasteiger charge is -2.07. The Balaban J connectivity index is 1.26. The highest BCUT2D eigenvalue weighted by Gasteiger charge is 2.05. The fourth-order valence-electron chi connectivity index (χ4n) is 2.76. The summed E-state index contributed by atoms with van der Waals surface area (Å²) < 4.78 is 23.1. The van der Waals surface area contributed by atoms with Crippen LogP contribution in [0.2, 0.25) is 0 Å². The van der Waals surface area contributed by atoms with Gasteiger partial charge < -0.3 is 15.4 Å². The molecule has 0 aliphatic carbocycles. The molecule has 0 unspecified atom stereocenters. The van der Waals surface area contributed by atoms with Crippen molar-refractivity contribution in [2.24, 2.45) is 0 Å². The number of hydrogen-bond acceptors (Lipinski definition) is 4. The molecular formula is C21H18BrFN6OS. The van der Waals surface area contributed by atoms with Gasteiger partial charge >= 0.3 is 0 Å². The van der Waals surface area contributed by atoms with E-state index in [0.29, 0.717) is 11.7 Å². The van der Waals surface area contributed by atoms with Crippen LogP contribution in [-0.4, -0.2) is 24.7 Å². The maximum Gasteiger partial charge on any atom is 0.180 e. The molecule has 0 spiro atoms. The van der Waals surface area contributed by atoms with Gasteiger partial charge in [0.1, 0.15) is 11.6 Å². The van der Waals surface area contributed by atoms with Gasteiger partial charge in [0.15, 0.2) is 11.8 Å². The molecule has 7 nitrogen and oxygen atoms in total. The van der Waals surface area contributed by atoms with E-state index in [1.165, 1.54) is 12.1 Å². The zero-order chi connectivity index (χ0) is 21.6. The fraction of sp³-hybridized carbons (Fsp3) is 0.0952. The van der Waals surface area contributed by atoms with E-state index in [-0.39, 0.29) is 12.5 Å². The van der Waals surface area contributed by atoms with Crippen LogP contribution in [0.3, 0.4) is 0 Å². The van der Waals surface area contributed by atoms with Crippen LogP contribution in [0.15, 0.2) is 77.8 Å². The number of nitrogens with zero attached hydrogens (tertiary/aromatic N) is 4. The number of hydrogen-bond donors (Lipinski definition) is 2. The molecule has 4 rings (SSSR count). The highest BCUT2D eigenvalue weighted by molar-refractivity contribution is 9.10. The molecule has 10 heteroatoms. The highest BCUT2D eigenvalue weighted by Crippen LogP contribution is 2.17. The minimum absolute atomic E-state index is 0.258. The number of thiocarbonyl (C=S) groups is 1. The van der Waals surface area contributed by atoms with Gasteiger partial charge in [-0.2, -0.15) is 10.2 Å². The Bertz CT molecular complexity index is 1160. The number of halogens is 2. The van der Waals surface area contributed by atoms with E-state index in [0.717, 1.165) is 27.2 Å². The molecule has 0 fully saturated rings. The first-order valence-corrected chi connectivity index (χ1v) is 10.5. The summed E-state index contributed by atoms with van der Waals surface area (Å²) in [7, 11) is 0. The van der Waals surface area contributed by atoms with Crippen LogP contribution >= 0.6 is 28.1 Å². The van der Waals surface area contributed by atoms with Crippen molar-refractivity contribution in [1.29, 1.82) is 0 Å². The number of rotatable bonds is 7. The second kappa shape index (κ2) is 9.71. The molecule has 0 amide bonds. The number of anilines is 2. The van der Waals surface area contributed by atoms with Crippen LogP contribution in [0.1, 0.15) is 5.56 Å². The Morgan fingerprint density at radius 3 is 2.23 bits per heavy atom. The van der Waals surface area contributed by atoms with E-state index in [1.807, 2.05) is 30.5 Å². The largest absolute Gasteiger partial charge is 0.471 e. The van der Waals surface area contributed by atoms with Crippen LogP contribution in [0.25, 0.3) is 0 Å². The summed E-state index contributed by atoms with van der Waals surface area (Å²) in [4.78, 5) is 0. The van der Waals surface area contributed by atoms with Crippen LogP contribution in [0.5, 0.6) is 5.75 Å². The molecule has 2 heterocycles. The molecule has 31 heavy (non-hydrogen) atoms. The predicted molar refractivity (Wildman–Crippen MR) is 125 cm³/mol. The molecular weight excluding hydrogens is 483 g/mol. The molecule has 158 valence electrons. The van der Waals surface area contributed by atoms with Gasteiger partial charge in [0.2, 0.25) is 0 Å². The van der Waals surface area contributed by atoms with Crippen LogP contribution in [0, 0.1) is 5.82 Å². The third-order valence-corrected chi connectivity index (χ3v) is 4.95. The summed E-state index contributed by atoms with van der Waals surface area (Å²) in [6.45, 7) is 0.812. The van der Waals surface area contributed by atoms with E-state index in [2.05, 4.69) is 36.8 Å². The van der Waals surface area contributed by atoms with Crippen molar-refractivity contribution >= 4 is 44.6 Å². The molecule has 2 aromatic carbocycles. The van der Waals surface area contributed by atoms with Gasteiger partial charge in [-0.15, -0.1) is 0 Å². The molecule has 0 aliphatic heterocycles. The number of aromatic nitrogens is 4. The van der Waals surface area contributed by atoms with Gasteiger partial charge in [0.05, 0.1) is 36.5 Å². The Hall–Kier alpha value is -3.24. The monoisotopic (exact) mass is 500 g/mol. The van der Waals surface area contributed by atoms with Crippen LogP contribution in [0.4, 0.5) is 15.8 Å². The Kier molecular flexibility index (Phi) is 6.58. The van der Waals surface area contributed by atoms with Crippen molar-refractivity contribution in [3.05, 3.63) is 89.2 Å². The molecule has 0 saturated carbocycles. The molecule has 4 aromatic rings. The third kappa shape index (κ3) is 6.12. The lowest BCUT2D eigenvalue weighted by Crippen LogP contribution is -2.18. The van der Waals surface area contributed by atoms with Crippen molar-refractivity contribution in [3.63, 3.8) is 0 Å². The molecule has 2 aromatic heterocycles. The van der Waals surface area contributed by atoms with Crippen LogP contribution in [-0.2, 0) is 13.3 Å². The average Bonchev–Trinajstić information content (AvgIpc) is 3.38. The van der Waals surface area contributed by atoms with Crippen molar-refractivity contribution in [2.75, 3.05) is 10.6 Å². The first-order valence-electron chi connectivity index (χ1n) is 9.29. The Morgan fingerprint density at radius 1 is 0.935 bits per heavy atom. The van der Waals surface area contributed by atoms with E-state index >= 15 is 0 Å². The van der Waals surface area contributed by atoms with Crippen molar-refractivity contribution < 1.29 is 9.13 Å². The first-order chi connectivity index (χ1) is 15.0. The summed E-state index contributed by atoms with van der Waals surface area (Å²) in [6, 6.07) is 13.9. The number of benzene rings is 2. The summed E-state index contributed by atoms with van der Waals surface area (Å²) in [5.74, 6) is 0.495. The molecule has 0 radical (unpaired) electrons. The summed E-state index contributed by atoms with van der Waals surface area (Å²) in [5.41, 5.74) is 2.43. The van der Waals surface area contributed by atoms with Crippen molar-refractivity contribution in [2.45, 2.75) is 13.3 Å². The number of ether oxygens (including phenoxy) is 1. The SMILES string of the molecule is Fc1ccc(Cn2cc(NC(=S)Nc3cnn(COc4ccc(Br)cc4)c3)cn2)cc1. The molecule has 2 N–H and O–H groups in total. The van der Waals surface area contributed by atoms with Crippen molar-refractivity contribution in [1.82, 2.24) is 19.6 Å². The van der Waals surface area contributed by atoms with E-state index in [9.17, 15) is 4.39 Å². The number of nitrogens with one attached hydrogen (secondary N) is 2. The van der Waals surface area contributed by atoms with Crippen molar-refractivity contribution in [3.8, 4) is 5.75 Å². The quantitative estimate of drug-likeness (QED) is 0.352. The second-order valence-electron chi connectivity index (χ2n) is 6.63. The molecule has 0 bridgehead atoms. The third-order valence-electron chi connectivity index (χ3n) is 4.22. The smallest absolute Gasteiger partial charge is 0.180 e. The maximum absolute atomic E-state index is 13.0. The molecule has 0 atom stereocenters. The fourth-order valence-corrected chi connectivity index (χ4v) is 3.26. The van der Waals surface area contributed by atoms with E-state index in [4.69, 9.17) is 17.0 Å². The lowest BCUT2D eigenvalue weighted by molar-refractivity contribution is 0.221. The van der Waals surface area contributed by atoms with E-state index < -0.39 is 0 Å². The standard InChI is InChI=1S/C21H18BrFN6OS/c22-16-3-7-20(8-4-16)30-14-29-13-19(10-25-29)27-21(31)26-18-9-24-28(12-18)11-15-1-5-17(23)6-2-15/h1-10,12-13H,11,14H2,(H2,26,27,31). The second-order valence-corrected chi connectivity index (χ2v) is 7.95. The first kappa shape index (κ1) is 21.0. The van der Waals surface area contributed by atoms with Crippen LogP contribution < -0.4 is 15.4 Å². The van der Waals surface area contributed by atoms with Gasteiger partial charge in [0.25, 0.3) is 0 Å². The maximum atomic E-state index is 13.0. The average molecular weight is 501 g/mol. The predicted octanol–water partition coefficient (Wildman–Crippen LogP) is 4.87. The highest BCUT2D eigenvalue weighted by atomic mass is 79.9. The Labute approximate surface area is 192 Å². The summed E-state index contributed by atoms with van der Waals surface area (Å²) >= 11 is 8.75. The lowest BCUT2D eigenvalue weighted by atomic mass is 10.2. The minimum atomic E-state index is -0.258. The van der Waals surface area contributed by atoms with Gasteiger partial charge in [-0.1, -0.05) is 28.1 Å². The zero-order valence-corrected chi connectivity index (χ0v) is 18.6. The van der Waals surface area contributed by atoms with Gasteiger partial charge in [-0.3, -0.25) is 4.68 Å². The topological polar surface area (TPSA) is 68.9 Å². The van der Waals surface area contributed by atoms with E-state index in [1.54, 1.807) is 40.1 Å². The van der Waals surface area contributed by atoms with Gasteiger partial charge in [-0.25, -0.2) is 9.07 Å². The summed E-state index contributed by atoms with van der Waals surface area (Å²) in [6.07, 6.45) is 6.96. The zero-order valence-electron chi connectivity index (χ0n) is 16.2. The molecule has 0 saturated heterocycles. The molecule has 0 aliphatic rings. The van der Waals surface area contributed by atoms with Gasteiger partial charge in [0, 0.05) is 10.7 Å².